The van der Waals surface area contributed by atoms with Crippen LogP contribution in [0.3, 0.4) is 0 Å². The molecule has 0 saturated carbocycles. The van der Waals surface area contributed by atoms with Crippen molar-refractivity contribution < 1.29 is 9.57 Å². The van der Waals surface area contributed by atoms with Crippen molar-refractivity contribution in [2.24, 2.45) is 5.90 Å². The number of hydrogen-bond acceptors (Lipinski definition) is 4. The molecular weight excluding hydrogens is 198 g/mol. The fraction of sp³-hybridized carbons (Fsp3) is 0.400. The lowest BCUT2D eigenvalue weighted by Crippen LogP contribution is -2.01. The van der Waals surface area contributed by atoms with Crippen LogP contribution < -0.4 is 10.6 Å². The molecule has 0 aliphatic rings. The van der Waals surface area contributed by atoms with Gasteiger partial charge in [-0.1, -0.05) is 0 Å². The highest BCUT2D eigenvalue weighted by molar-refractivity contribution is 7.98. The molecule has 0 atom stereocenters. The molecule has 0 unspecified atom stereocenters. The predicted octanol–water partition coefficient (Wildman–Crippen LogP) is 2.12. The average Bonchev–Trinajstić information content (AvgIpc) is 2.20. The molecule has 4 heteroatoms. The van der Waals surface area contributed by atoms with Gasteiger partial charge in [0, 0.05) is 4.90 Å². The second-order valence-corrected chi connectivity index (χ2v) is 3.79. The SMILES string of the molecule is COc1cc(CON)c(SC)cc1C. The van der Waals surface area contributed by atoms with Crippen LogP contribution in [0.1, 0.15) is 11.1 Å². The van der Waals surface area contributed by atoms with Gasteiger partial charge in [-0.2, -0.15) is 0 Å². The molecule has 78 valence electrons. The van der Waals surface area contributed by atoms with E-state index in [0.717, 1.165) is 16.9 Å². The lowest BCUT2D eigenvalue weighted by molar-refractivity contribution is 0.122. The van der Waals surface area contributed by atoms with Crippen molar-refractivity contribution in [1.82, 2.24) is 0 Å². The Bertz CT molecular complexity index is 315. The number of hydrogen-bond donors (Lipinski definition) is 1. The molecule has 0 aliphatic heterocycles. The van der Waals surface area contributed by atoms with E-state index in [1.54, 1.807) is 18.9 Å². The summed E-state index contributed by atoms with van der Waals surface area (Å²) in [4.78, 5) is 5.82. The zero-order valence-electron chi connectivity index (χ0n) is 8.66. The molecule has 14 heavy (non-hydrogen) atoms. The third-order valence-corrected chi connectivity index (χ3v) is 2.86. The summed E-state index contributed by atoms with van der Waals surface area (Å²) in [6.07, 6.45) is 2.03. The summed E-state index contributed by atoms with van der Waals surface area (Å²) in [7, 11) is 1.66. The van der Waals surface area contributed by atoms with Gasteiger partial charge in [0.2, 0.25) is 0 Å². The highest BCUT2D eigenvalue weighted by Crippen LogP contribution is 2.28. The monoisotopic (exact) mass is 213 g/mol. The van der Waals surface area contributed by atoms with E-state index >= 15 is 0 Å². The van der Waals surface area contributed by atoms with Crippen LogP contribution in [0.5, 0.6) is 5.75 Å². The molecular formula is C10H15NO2S. The van der Waals surface area contributed by atoms with Crippen LogP contribution in [0.25, 0.3) is 0 Å². The maximum Gasteiger partial charge on any atom is 0.122 e. The van der Waals surface area contributed by atoms with E-state index in [-0.39, 0.29) is 0 Å². The second kappa shape index (κ2) is 5.24. The van der Waals surface area contributed by atoms with Crippen LogP contribution in [0, 0.1) is 6.92 Å². The van der Waals surface area contributed by atoms with Crippen LogP contribution in [0.4, 0.5) is 0 Å². The maximum atomic E-state index is 5.23. The Morgan fingerprint density at radius 2 is 2.14 bits per heavy atom. The third-order valence-electron chi connectivity index (χ3n) is 2.04. The van der Waals surface area contributed by atoms with Gasteiger partial charge >= 0.3 is 0 Å². The van der Waals surface area contributed by atoms with Crippen molar-refractivity contribution >= 4 is 11.8 Å². The average molecular weight is 213 g/mol. The lowest BCUT2D eigenvalue weighted by atomic mass is 10.1. The molecule has 0 aromatic heterocycles. The number of ether oxygens (including phenoxy) is 1. The number of thioether (sulfide) groups is 1. The van der Waals surface area contributed by atoms with Gasteiger partial charge in [-0.05, 0) is 36.4 Å². The Kier molecular flexibility index (Phi) is 4.25. The molecule has 0 saturated heterocycles. The molecule has 0 bridgehead atoms. The largest absolute Gasteiger partial charge is 0.496 e. The molecule has 3 nitrogen and oxygen atoms in total. The standard InChI is InChI=1S/C10H15NO2S/c1-7-4-10(14-3)8(6-13-11)5-9(7)12-2/h4-5H,6,11H2,1-3H3. The summed E-state index contributed by atoms with van der Waals surface area (Å²) < 4.78 is 5.23. The van der Waals surface area contributed by atoms with Gasteiger partial charge in [-0.3, -0.25) is 4.84 Å². The van der Waals surface area contributed by atoms with Gasteiger partial charge in [-0.15, -0.1) is 11.8 Å². The quantitative estimate of drug-likeness (QED) is 0.614. The van der Waals surface area contributed by atoms with Crippen LogP contribution >= 0.6 is 11.8 Å². The van der Waals surface area contributed by atoms with Crippen molar-refractivity contribution in [3.05, 3.63) is 23.3 Å². The topological polar surface area (TPSA) is 44.5 Å². The Morgan fingerprint density at radius 3 is 2.64 bits per heavy atom. The summed E-state index contributed by atoms with van der Waals surface area (Å²) in [5.74, 6) is 5.93. The van der Waals surface area contributed by atoms with Crippen molar-refractivity contribution in [3.8, 4) is 5.75 Å². The minimum Gasteiger partial charge on any atom is -0.496 e. The summed E-state index contributed by atoms with van der Waals surface area (Å²) in [5, 5.41) is 0. The first-order valence-corrected chi connectivity index (χ1v) is 5.48. The summed E-state index contributed by atoms with van der Waals surface area (Å²) in [6.45, 7) is 2.43. The minimum atomic E-state index is 0.410. The van der Waals surface area contributed by atoms with Gasteiger partial charge in [0.15, 0.2) is 0 Å². The number of benzene rings is 1. The first-order valence-electron chi connectivity index (χ1n) is 4.26. The van der Waals surface area contributed by atoms with E-state index in [2.05, 4.69) is 10.9 Å². The van der Waals surface area contributed by atoms with E-state index < -0.39 is 0 Å². The Hall–Kier alpha value is -0.710. The van der Waals surface area contributed by atoms with E-state index in [0.29, 0.717) is 6.61 Å². The molecule has 0 fully saturated rings. The Balaban J connectivity index is 3.11. The normalized spacial score (nSPS) is 10.3. The molecule has 0 aliphatic carbocycles. The summed E-state index contributed by atoms with van der Waals surface area (Å²) in [5.41, 5.74) is 2.18. The fourth-order valence-electron chi connectivity index (χ4n) is 1.32. The van der Waals surface area contributed by atoms with Crippen molar-refractivity contribution in [3.63, 3.8) is 0 Å². The van der Waals surface area contributed by atoms with Gasteiger partial charge in [0.1, 0.15) is 5.75 Å². The number of aryl methyl sites for hydroxylation is 1. The molecule has 1 aromatic carbocycles. The zero-order valence-corrected chi connectivity index (χ0v) is 9.48. The van der Waals surface area contributed by atoms with Crippen LogP contribution in [-0.4, -0.2) is 13.4 Å². The molecule has 0 spiro atoms. The van der Waals surface area contributed by atoms with E-state index in [4.69, 9.17) is 10.6 Å². The highest BCUT2D eigenvalue weighted by atomic mass is 32.2. The van der Waals surface area contributed by atoms with E-state index in [9.17, 15) is 0 Å². The van der Waals surface area contributed by atoms with Crippen LogP contribution in [0.2, 0.25) is 0 Å². The Labute approximate surface area is 88.5 Å². The molecule has 0 radical (unpaired) electrons. The van der Waals surface area contributed by atoms with E-state index in [1.807, 2.05) is 19.2 Å². The molecule has 0 amide bonds. The second-order valence-electron chi connectivity index (χ2n) is 2.94. The third kappa shape index (κ3) is 2.41. The van der Waals surface area contributed by atoms with E-state index in [1.165, 1.54) is 4.90 Å². The van der Waals surface area contributed by atoms with Gasteiger partial charge in [0.25, 0.3) is 0 Å². The maximum absolute atomic E-state index is 5.23. The van der Waals surface area contributed by atoms with Gasteiger partial charge in [-0.25, -0.2) is 5.90 Å². The van der Waals surface area contributed by atoms with Crippen LogP contribution in [-0.2, 0) is 11.4 Å². The number of nitrogens with two attached hydrogens (primary N) is 1. The highest BCUT2D eigenvalue weighted by Gasteiger charge is 2.06. The fourth-order valence-corrected chi connectivity index (χ4v) is 1.99. The first-order chi connectivity index (χ1) is 6.72. The van der Waals surface area contributed by atoms with Crippen molar-refractivity contribution in [1.29, 1.82) is 0 Å². The van der Waals surface area contributed by atoms with Crippen LogP contribution in [0.15, 0.2) is 17.0 Å². The lowest BCUT2D eigenvalue weighted by Gasteiger charge is -2.11. The summed E-state index contributed by atoms with van der Waals surface area (Å²) >= 11 is 1.68. The molecule has 2 N–H and O–H groups in total. The van der Waals surface area contributed by atoms with Gasteiger partial charge in [0.05, 0.1) is 13.7 Å². The number of methoxy groups -OCH3 is 1. The predicted molar refractivity (Wildman–Crippen MR) is 58.5 cm³/mol. The van der Waals surface area contributed by atoms with Gasteiger partial charge < -0.3 is 4.74 Å². The van der Waals surface area contributed by atoms with Crippen molar-refractivity contribution in [2.75, 3.05) is 13.4 Å². The minimum absolute atomic E-state index is 0.410. The Morgan fingerprint density at radius 1 is 1.43 bits per heavy atom. The first kappa shape index (κ1) is 11.4. The molecule has 1 aromatic rings. The zero-order chi connectivity index (χ0) is 10.6. The molecule has 1 rings (SSSR count). The number of rotatable bonds is 4. The smallest absolute Gasteiger partial charge is 0.122 e. The molecule has 0 heterocycles. The van der Waals surface area contributed by atoms with Crippen molar-refractivity contribution in [2.45, 2.75) is 18.4 Å². The summed E-state index contributed by atoms with van der Waals surface area (Å²) in [6, 6.07) is 4.05.